The number of thiocarbonyl (C=S) groups is 1. The smallest absolute Gasteiger partial charge is 0.343 e. The average molecular weight is 389 g/mol. The molecule has 0 saturated carbocycles. The summed E-state index contributed by atoms with van der Waals surface area (Å²) in [7, 11) is 4.43. The Morgan fingerprint density at radius 2 is 1.67 bits per heavy atom. The minimum Gasteiger partial charge on any atom is -0.493 e. The van der Waals surface area contributed by atoms with Crippen LogP contribution in [0.2, 0.25) is 0 Å². The molecule has 0 aliphatic carbocycles. The summed E-state index contributed by atoms with van der Waals surface area (Å²) in [5, 5.41) is 3.92. The molecule has 2 aromatic carbocycles. The van der Waals surface area contributed by atoms with Gasteiger partial charge in [-0.05, 0) is 54.2 Å². The third-order valence-electron chi connectivity index (χ3n) is 3.38. The Labute approximate surface area is 161 Å². The lowest BCUT2D eigenvalue weighted by Gasteiger charge is -2.13. The maximum atomic E-state index is 12.4. The Morgan fingerprint density at radius 1 is 1.07 bits per heavy atom. The van der Waals surface area contributed by atoms with Gasteiger partial charge >= 0.3 is 5.97 Å². The van der Waals surface area contributed by atoms with Gasteiger partial charge in [0.1, 0.15) is 5.75 Å². The Bertz CT molecular complexity index is 828. The maximum absolute atomic E-state index is 12.4. The predicted molar refractivity (Wildman–Crippen MR) is 105 cm³/mol. The van der Waals surface area contributed by atoms with Gasteiger partial charge in [0.2, 0.25) is 5.75 Å². The van der Waals surface area contributed by atoms with Gasteiger partial charge in [-0.3, -0.25) is 5.43 Å². The highest BCUT2D eigenvalue weighted by Gasteiger charge is 2.18. The number of esters is 1. The molecule has 0 bridgehead atoms. The molecule has 0 aliphatic heterocycles. The van der Waals surface area contributed by atoms with E-state index in [0.717, 1.165) is 5.56 Å². The van der Waals surface area contributed by atoms with E-state index < -0.39 is 5.97 Å². The molecule has 9 heteroatoms. The molecular formula is C18H19N3O5S. The third-order valence-corrected chi connectivity index (χ3v) is 3.47. The van der Waals surface area contributed by atoms with Crippen LogP contribution in [0.5, 0.6) is 23.0 Å². The molecule has 0 saturated heterocycles. The van der Waals surface area contributed by atoms with Gasteiger partial charge < -0.3 is 24.7 Å². The van der Waals surface area contributed by atoms with Crippen LogP contribution in [-0.4, -0.2) is 38.6 Å². The van der Waals surface area contributed by atoms with E-state index in [-0.39, 0.29) is 10.7 Å². The number of nitrogens with two attached hydrogens (primary N) is 1. The zero-order chi connectivity index (χ0) is 19.8. The van der Waals surface area contributed by atoms with Crippen LogP contribution >= 0.6 is 12.2 Å². The molecule has 3 N–H and O–H groups in total. The van der Waals surface area contributed by atoms with E-state index in [9.17, 15) is 4.79 Å². The van der Waals surface area contributed by atoms with Crippen molar-refractivity contribution in [2.24, 2.45) is 10.8 Å². The van der Waals surface area contributed by atoms with Gasteiger partial charge in [-0.2, -0.15) is 5.10 Å². The van der Waals surface area contributed by atoms with E-state index in [1.807, 2.05) is 0 Å². The number of hydrogen-bond donors (Lipinski definition) is 2. The highest BCUT2D eigenvalue weighted by molar-refractivity contribution is 7.80. The van der Waals surface area contributed by atoms with Gasteiger partial charge in [0.05, 0.1) is 33.1 Å². The fraction of sp³-hybridized carbons (Fsp3) is 0.167. The van der Waals surface area contributed by atoms with Gasteiger partial charge in [0.15, 0.2) is 16.6 Å². The number of nitrogens with zero attached hydrogens (tertiary/aromatic N) is 1. The lowest BCUT2D eigenvalue weighted by Crippen LogP contribution is -2.23. The lowest BCUT2D eigenvalue weighted by atomic mass is 10.2. The summed E-state index contributed by atoms with van der Waals surface area (Å²) >= 11 is 4.65. The van der Waals surface area contributed by atoms with E-state index in [1.165, 1.54) is 39.7 Å². The second-order valence-electron chi connectivity index (χ2n) is 5.11. The molecule has 27 heavy (non-hydrogen) atoms. The van der Waals surface area contributed by atoms with Gasteiger partial charge in [-0.15, -0.1) is 0 Å². The Morgan fingerprint density at radius 3 is 2.15 bits per heavy atom. The van der Waals surface area contributed by atoms with Crippen molar-refractivity contribution >= 4 is 29.5 Å². The lowest BCUT2D eigenvalue weighted by molar-refractivity contribution is 0.0734. The SMILES string of the molecule is COc1cc(C(=O)Oc2ccc(C=NNC(N)=S)cc2)cc(OC)c1OC. The number of benzene rings is 2. The van der Waals surface area contributed by atoms with Crippen LogP contribution in [0.15, 0.2) is 41.5 Å². The highest BCUT2D eigenvalue weighted by atomic mass is 32.1. The average Bonchev–Trinajstić information content (AvgIpc) is 2.67. The number of ether oxygens (including phenoxy) is 4. The van der Waals surface area contributed by atoms with Crippen molar-refractivity contribution in [1.29, 1.82) is 0 Å². The number of hydrogen-bond acceptors (Lipinski definition) is 7. The molecule has 8 nitrogen and oxygen atoms in total. The summed E-state index contributed by atoms with van der Waals surface area (Å²) in [6, 6.07) is 9.76. The predicted octanol–water partition coefficient (Wildman–Crippen LogP) is 2.10. The van der Waals surface area contributed by atoms with Crippen LogP contribution in [0.25, 0.3) is 0 Å². The van der Waals surface area contributed by atoms with E-state index in [0.29, 0.717) is 23.0 Å². The van der Waals surface area contributed by atoms with Gasteiger partial charge in [-0.25, -0.2) is 4.79 Å². The Kier molecular flexibility index (Phi) is 6.95. The van der Waals surface area contributed by atoms with Crippen molar-refractivity contribution in [2.45, 2.75) is 0 Å². The largest absolute Gasteiger partial charge is 0.493 e. The molecule has 0 aliphatic rings. The summed E-state index contributed by atoms with van der Waals surface area (Å²) in [6.07, 6.45) is 1.53. The normalized spacial score (nSPS) is 10.3. The molecule has 0 amide bonds. The molecular weight excluding hydrogens is 370 g/mol. The first kappa shape index (κ1) is 20.0. The first-order valence-corrected chi connectivity index (χ1v) is 8.10. The highest BCUT2D eigenvalue weighted by Crippen LogP contribution is 2.38. The second kappa shape index (κ2) is 9.39. The summed E-state index contributed by atoms with van der Waals surface area (Å²) in [5.41, 5.74) is 8.76. The molecule has 0 unspecified atom stereocenters. The Hall–Kier alpha value is -3.33. The van der Waals surface area contributed by atoms with Crippen molar-refractivity contribution in [1.82, 2.24) is 5.43 Å². The van der Waals surface area contributed by atoms with Crippen LogP contribution in [0, 0.1) is 0 Å². The molecule has 0 radical (unpaired) electrons. The Balaban J connectivity index is 2.15. The van der Waals surface area contributed by atoms with Crippen LogP contribution in [0.3, 0.4) is 0 Å². The molecule has 2 aromatic rings. The standard InChI is InChI=1S/C18H19N3O5S/c1-23-14-8-12(9-15(24-2)16(14)25-3)17(22)26-13-6-4-11(5-7-13)10-20-21-18(19)27/h4-10H,1-3H3,(H3,19,21,27). The van der Waals surface area contributed by atoms with Crippen molar-refractivity contribution < 1.29 is 23.7 Å². The summed E-state index contributed by atoms with van der Waals surface area (Å²) < 4.78 is 21.1. The van der Waals surface area contributed by atoms with Crippen molar-refractivity contribution in [2.75, 3.05) is 21.3 Å². The van der Waals surface area contributed by atoms with Crippen LogP contribution in [0.4, 0.5) is 0 Å². The number of carbonyl (C=O) groups excluding carboxylic acids is 1. The molecule has 0 aromatic heterocycles. The van der Waals surface area contributed by atoms with E-state index in [2.05, 4.69) is 22.7 Å². The first-order chi connectivity index (χ1) is 13.0. The summed E-state index contributed by atoms with van der Waals surface area (Å²) in [6.45, 7) is 0. The molecule has 0 heterocycles. The quantitative estimate of drug-likeness (QED) is 0.244. The molecule has 0 spiro atoms. The summed E-state index contributed by atoms with van der Waals surface area (Å²) in [5.74, 6) is 0.922. The van der Waals surface area contributed by atoms with E-state index in [4.69, 9.17) is 24.7 Å². The number of hydrazone groups is 1. The van der Waals surface area contributed by atoms with Crippen LogP contribution in [0.1, 0.15) is 15.9 Å². The van der Waals surface area contributed by atoms with Crippen molar-refractivity contribution in [3.8, 4) is 23.0 Å². The van der Waals surface area contributed by atoms with Crippen molar-refractivity contribution in [3.63, 3.8) is 0 Å². The van der Waals surface area contributed by atoms with E-state index in [1.54, 1.807) is 24.3 Å². The number of nitrogens with one attached hydrogen (secondary N) is 1. The van der Waals surface area contributed by atoms with Crippen LogP contribution < -0.4 is 30.1 Å². The fourth-order valence-corrected chi connectivity index (χ4v) is 2.21. The molecule has 0 fully saturated rings. The second-order valence-corrected chi connectivity index (χ2v) is 5.55. The first-order valence-electron chi connectivity index (χ1n) is 7.69. The zero-order valence-corrected chi connectivity index (χ0v) is 15.8. The zero-order valence-electron chi connectivity index (χ0n) is 15.0. The molecule has 142 valence electrons. The maximum Gasteiger partial charge on any atom is 0.343 e. The van der Waals surface area contributed by atoms with Gasteiger partial charge in [0, 0.05) is 0 Å². The van der Waals surface area contributed by atoms with Crippen molar-refractivity contribution in [3.05, 3.63) is 47.5 Å². The topological polar surface area (TPSA) is 104 Å². The molecule has 0 atom stereocenters. The fourth-order valence-electron chi connectivity index (χ4n) is 2.16. The van der Waals surface area contributed by atoms with E-state index >= 15 is 0 Å². The van der Waals surface area contributed by atoms with Gasteiger partial charge in [-0.1, -0.05) is 0 Å². The molecule has 2 rings (SSSR count). The third kappa shape index (κ3) is 5.32. The summed E-state index contributed by atoms with van der Waals surface area (Å²) in [4.78, 5) is 12.4. The minimum atomic E-state index is -0.564. The number of carbonyl (C=O) groups is 1. The number of rotatable bonds is 7. The monoisotopic (exact) mass is 389 g/mol. The number of methoxy groups -OCH3 is 3. The van der Waals surface area contributed by atoms with Gasteiger partial charge in [0.25, 0.3) is 0 Å². The minimum absolute atomic E-state index is 0.0714. The van der Waals surface area contributed by atoms with Crippen LogP contribution in [-0.2, 0) is 0 Å².